The number of benzene rings is 2. The van der Waals surface area contributed by atoms with Gasteiger partial charge in [-0.05, 0) is 43.2 Å². The third kappa shape index (κ3) is 6.15. The van der Waals surface area contributed by atoms with Gasteiger partial charge in [-0.3, -0.25) is 9.59 Å². The van der Waals surface area contributed by atoms with Crippen LogP contribution in [-0.4, -0.2) is 26.4 Å². The average Bonchev–Trinajstić information content (AvgIpc) is 2.60. The Morgan fingerprint density at radius 2 is 1.89 bits per heavy atom. The Bertz CT molecular complexity index is 946. The van der Waals surface area contributed by atoms with Crippen molar-refractivity contribution in [3.63, 3.8) is 0 Å². The molecule has 0 aromatic heterocycles. The first-order chi connectivity index (χ1) is 12.7. The van der Waals surface area contributed by atoms with Crippen LogP contribution in [0.2, 0.25) is 0 Å². The zero-order valence-electron chi connectivity index (χ0n) is 14.5. The number of halogens is 1. The molecule has 7 nitrogen and oxygen atoms in total. The van der Waals surface area contributed by atoms with E-state index >= 15 is 0 Å². The largest absolute Gasteiger partial charge is 0.453 e. The summed E-state index contributed by atoms with van der Waals surface area (Å²) in [6.45, 7) is 1.37. The molecule has 9 heteroatoms. The molecule has 2 rings (SSSR count). The van der Waals surface area contributed by atoms with Crippen LogP contribution in [0.4, 0.5) is 10.1 Å². The lowest BCUT2D eigenvalue weighted by Gasteiger charge is -2.14. The van der Waals surface area contributed by atoms with Crippen LogP contribution in [-0.2, 0) is 30.8 Å². The summed E-state index contributed by atoms with van der Waals surface area (Å²) in [6.07, 6.45) is -1.05. The number of carbonyl (C=O) groups excluding carboxylic acids is 2. The summed E-state index contributed by atoms with van der Waals surface area (Å²) in [7, 11) is -3.90. The number of ether oxygens (including phenoxy) is 1. The monoisotopic (exact) mass is 394 g/mol. The topological polar surface area (TPSA) is 116 Å². The summed E-state index contributed by atoms with van der Waals surface area (Å²) in [5, 5.41) is 7.48. The Labute approximate surface area is 156 Å². The molecule has 3 N–H and O–H groups in total. The van der Waals surface area contributed by atoms with Crippen LogP contribution in [0.15, 0.2) is 53.4 Å². The number of aryl methyl sites for hydroxylation is 1. The Balaban J connectivity index is 1.90. The number of anilines is 1. The van der Waals surface area contributed by atoms with Crippen LogP contribution >= 0.6 is 0 Å². The number of esters is 1. The van der Waals surface area contributed by atoms with Crippen molar-refractivity contribution in [3.05, 3.63) is 59.9 Å². The number of primary sulfonamides is 1. The zero-order valence-corrected chi connectivity index (χ0v) is 15.3. The Hall–Kier alpha value is -2.78. The SMILES string of the molecule is C[C@H](OC(=O)CCc1ccccc1F)C(=O)Nc1cccc(S(N)(=O)=O)c1. The van der Waals surface area contributed by atoms with Crippen molar-refractivity contribution in [1.82, 2.24) is 0 Å². The molecule has 0 aliphatic rings. The molecule has 0 aliphatic heterocycles. The van der Waals surface area contributed by atoms with Crippen molar-refractivity contribution < 1.29 is 27.1 Å². The van der Waals surface area contributed by atoms with E-state index in [9.17, 15) is 22.4 Å². The fourth-order valence-corrected chi connectivity index (χ4v) is 2.80. The normalized spacial score (nSPS) is 12.3. The highest BCUT2D eigenvalue weighted by atomic mass is 32.2. The minimum Gasteiger partial charge on any atom is -0.453 e. The molecule has 144 valence electrons. The zero-order chi connectivity index (χ0) is 20.0. The second-order valence-corrected chi connectivity index (χ2v) is 7.35. The quantitative estimate of drug-likeness (QED) is 0.697. The van der Waals surface area contributed by atoms with Crippen LogP contribution in [0.1, 0.15) is 18.9 Å². The summed E-state index contributed by atoms with van der Waals surface area (Å²) in [5.41, 5.74) is 0.576. The van der Waals surface area contributed by atoms with Crippen LogP contribution in [0.25, 0.3) is 0 Å². The van der Waals surface area contributed by atoms with Crippen LogP contribution < -0.4 is 10.5 Å². The van der Waals surface area contributed by atoms with Gasteiger partial charge in [0.15, 0.2) is 6.10 Å². The first kappa shape index (κ1) is 20.5. The predicted molar refractivity (Wildman–Crippen MR) is 96.7 cm³/mol. The second-order valence-electron chi connectivity index (χ2n) is 5.79. The molecule has 0 saturated heterocycles. The van der Waals surface area contributed by atoms with Gasteiger partial charge in [-0.2, -0.15) is 0 Å². The molecule has 0 heterocycles. The number of hydrogen-bond acceptors (Lipinski definition) is 5. The number of nitrogens with two attached hydrogens (primary N) is 1. The third-order valence-electron chi connectivity index (χ3n) is 3.66. The van der Waals surface area contributed by atoms with E-state index in [0.29, 0.717) is 5.56 Å². The van der Waals surface area contributed by atoms with Gasteiger partial charge in [0.25, 0.3) is 5.91 Å². The highest BCUT2D eigenvalue weighted by molar-refractivity contribution is 7.89. The van der Waals surface area contributed by atoms with E-state index in [1.54, 1.807) is 18.2 Å². The third-order valence-corrected chi connectivity index (χ3v) is 4.57. The number of hydrogen-bond donors (Lipinski definition) is 2. The first-order valence-electron chi connectivity index (χ1n) is 8.03. The fraction of sp³-hybridized carbons (Fsp3) is 0.222. The maximum atomic E-state index is 13.5. The molecule has 0 bridgehead atoms. The van der Waals surface area contributed by atoms with Crippen LogP contribution in [0.5, 0.6) is 0 Å². The lowest BCUT2D eigenvalue weighted by molar-refractivity contribution is -0.153. The summed E-state index contributed by atoms with van der Waals surface area (Å²) in [5.74, 6) is -1.70. The van der Waals surface area contributed by atoms with Gasteiger partial charge in [0, 0.05) is 12.1 Å². The van der Waals surface area contributed by atoms with Crippen molar-refractivity contribution in [3.8, 4) is 0 Å². The van der Waals surface area contributed by atoms with E-state index in [2.05, 4.69) is 5.32 Å². The lowest BCUT2D eigenvalue weighted by atomic mass is 10.1. The van der Waals surface area contributed by atoms with Gasteiger partial charge in [0.1, 0.15) is 5.82 Å². The minimum absolute atomic E-state index is 0.0839. The molecule has 0 aliphatic carbocycles. The molecule has 1 atom stereocenters. The molecule has 2 aromatic rings. The highest BCUT2D eigenvalue weighted by Crippen LogP contribution is 2.15. The Morgan fingerprint density at radius 1 is 1.19 bits per heavy atom. The predicted octanol–water partition coefficient (Wildman–Crippen LogP) is 1.98. The van der Waals surface area contributed by atoms with Crippen molar-refractivity contribution in [2.45, 2.75) is 30.8 Å². The summed E-state index contributed by atoms with van der Waals surface area (Å²) >= 11 is 0. The summed E-state index contributed by atoms with van der Waals surface area (Å²) in [6, 6.07) is 11.4. The van der Waals surface area contributed by atoms with Crippen molar-refractivity contribution in [1.29, 1.82) is 0 Å². The maximum Gasteiger partial charge on any atom is 0.306 e. The molecule has 0 spiro atoms. The lowest BCUT2D eigenvalue weighted by Crippen LogP contribution is -2.30. The molecule has 0 unspecified atom stereocenters. The molecule has 0 fully saturated rings. The summed E-state index contributed by atoms with van der Waals surface area (Å²) < 4.78 is 41.2. The molecule has 27 heavy (non-hydrogen) atoms. The number of rotatable bonds is 7. The van der Waals surface area contributed by atoms with Crippen molar-refractivity contribution in [2.24, 2.45) is 5.14 Å². The molecule has 0 saturated carbocycles. The minimum atomic E-state index is -3.90. The van der Waals surface area contributed by atoms with Gasteiger partial charge in [0.2, 0.25) is 10.0 Å². The second kappa shape index (κ2) is 8.74. The van der Waals surface area contributed by atoms with E-state index in [1.807, 2.05) is 0 Å². The van der Waals surface area contributed by atoms with Gasteiger partial charge in [0.05, 0.1) is 4.90 Å². The van der Waals surface area contributed by atoms with Crippen LogP contribution in [0.3, 0.4) is 0 Å². The Morgan fingerprint density at radius 3 is 2.56 bits per heavy atom. The van der Waals surface area contributed by atoms with E-state index in [0.717, 1.165) is 0 Å². The van der Waals surface area contributed by atoms with E-state index in [-0.39, 0.29) is 23.4 Å². The van der Waals surface area contributed by atoms with Gasteiger partial charge in [-0.1, -0.05) is 24.3 Å². The van der Waals surface area contributed by atoms with Crippen molar-refractivity contribution >= 4 is 27.6 Å². The standard InChI is InChI=1S/C18H19FN2O5S/c1-12(26-17(22)10-9-13-5-2-3-8-16(13)19)18(23)21-14-6-4-7-15(11-14)27(20,24)25/h2-8,11-12H,9-10H2,1H3,(H,21,23)(H2,20,24,25)/t12-/m0/s1. The van der Waals surface area contributed by atoms with Gasteiger partial charge in [-0.25, -0.2) is 17.9 Å². The van der Waals surface area contributed by atoms with E-state index < -0.39 is 33.8 Å². The smallest absolute Gasteiger partial charge is 0.306 e. The number of amides is 1. The molecule has 1 amide bonds. The average molecular weight is 394 g/mol. The molecule has 2 aromatic carbocycles. The fourth-order valence-electron chi connectivity index (χ4n) is 2.24. The van der Waals surface area contributed by atoms with Crippen molar-refractivity contribution in [2.75, 3.05) is 5.32 Å². The number of carbonyl (C=O) groups is 2. The Kier molecular flexibility index (Phi) is 6.65. The van der Waals surface area contributed by atoms with E-state index in [4.69, 9.17) is 9.88 Å². The maximum absolute atomic E-state index is 13.5. The summed E-state index contributed by atoms with van der Waals surface area (Å²) in [4.78, 5) is 23.8. The first-order valence-corrected chi connectivity index (χ1v) is 9.58. The highest BCUT2D eigenvalue weighted by Gasteiger charge is 2.19. The number of nitrogens with one attached hydrogen (secondary N) is 1. The van der Waals surface area contributed by atoms with Gasteiger partial charge < -0.3 is 10.1 Å². The number of sulfonamides is 1. The molecule has 0 radical (unpaired) electrons. The molecular weight excluding hydrogens is 375 g/mol. The van der Waals surface area contributed by atoms with Gasteiger partial charge in [-0.15, -0.1) is 0 Å². The van der Waals surface area contributed by atoms with E-state index in [1.165, 1.54) is 37.3 Å². The molecular formula is C18H19FN2O5S. The van der Waals surface area contributed by atoms with Crippen LogP contribution in [0, 0.1) is 5.82 Å². The van der Waals surface area contributed by atoms with Gasteiger partial charge >= 0.3 is 5.97 Å².